The largest absolute Gasteiger partial charge is 0.416 e. The van der Waals surface area contributed by atoms with E-state index in [1.165, 1.54) is 12.1 Å². The molecule has 0 spiro atoms. The highest BCUT2D eigenvalue weighted by molar-refractivity contribution is 9.10. The standard InChI is InChI=1S/C30H25BrF3N2O/c31-27-18-25(11-10-24(27)19-28(35)23-12-14-26(15-13-23)30(32,33)34)29(37)36-17-16-20-6-8-22(9-7-20)21-4-2-1-3-5-21/h1-15,18,28,35H,16-17,19H2,(H,36,37). The van der Waals surface area contributed by atoms with Crippen molar-refractivity contribution in [2.24, 2.45) is 0 Å². The summed E-state index contributed by atoms with van der Waals surface area (Å²) in [4.78, 5) is 12.6. The molecule has 0 aliphatic heterocycles. The van der Waals surface area contributed by atoms with Gasteiger partial charge in [0.05, 0.1) is 11.6 Å². The number of amides is 1. The van der Waals surface area contributed by atoms with Crippen LogP contribution in [0.3, 0.4) is 0 Å². The van der Waals surface area contributed by atoms with Gasteiger partial charge in [-0.25, -0.2) is 5.73 Å². The minimum atomic E-state index is -4.40. The number of alkyl halides is 3. The molecule has 1 amide bonds. The maximum atomic E-state index is 12.8. The number of hydrogen-bond donors (Lipinski definition) is 1. The first-order valence-electron chi connectivity index (χ1n) is 11.8. The number of hydrogen-bond acceptors (Lipinski definition) is 1. The highest BCUT2D eigenvalue weighted by Gasteiger charge is 2.30. The van der Waals surface area contributed by atoms with Crippen LogP contribution in [0.25, 0.3) is 11.1 Å². The van der Waals surface area contributed by atoms with E-state index in [2.05, 4.69) is 57.6 Å². The molecule has 1 unspecified atom stereocenters. The van der Waals surface area contributed by atoms with E-state index >= 15 is 0 Å². The zero-order valence-corrected chi connectivity index (χ0v) is 21.4. The van der Waals surface area contributed by atoms with Gasteiger partial charge in [0.2, 0.25) is 0 Å². The van der Waals surface area contributed by atoms with E-state index in [4.69, 9.17) is 5.73 Å². The number of halogens is 4. The lowest BCUT2D eigenvalue weighted by Crippen LogP contribution is -2.25. The van der Waals surface area contributed by atoms with Gasteiger partial charge in [0.25, 0.3) is 5.91 Å². The molecule has 0 aliphatic carbocycles. The van der Waals surface area contributed by atoms with E-state index in [0.717, 1.165) is 34.4 Å². The van der Waals surface area contributed by atoms with Crippen molar-refractivity contribution in [3.8, 4) is 11.1 Å². The van der Waals surface area contributed by atoms with Gasteiger partial charge in [-0.2, -0.15) is 13.2 Å². The second-order valence-corrected chi connectivity index (χ2v) is 9.61. The monoisotopic (exact) mass is 565 g/mol. The topological polar surface area (TPSA) is 52.9 Å². The molecule has 3 nitrogen and oxygen atoms in total. The Morgan fingerprint density at radius 1 is 0.865 bits per heavy atom. The third-order valence-electron chi connectivity index (χ3n) is 6.14. The average Bonchev–Trinajstić information content (AvgIpc) is 2.90. The molecular weight excluding hydrogens is 541 g/mol. The summed E-state index contributed by atoms with van der Waals surface area (Å²) >= 11 is 3.47. The third kappa shape index (κ3) is 7.08. The second-order valence-electron chi connectivity index (χ2n) is 8.75. The Hall–Kier alpha value is -3.42. The maximum absolute atomic E-state index is 12.8. The van der Waals surface area contributed by atoms with Crippen LogP contribution < -0.4 is 11.1 Å². The molecule has 7 heteroatoms. The Kier molecular flexibility index (Phi) is 8.46. The molecule has 0 aliphatic rings. The van der Waals surface area contributed by atoms with Crippen molar-refractivity contribution in [3.05, 3.63) is 129 Å². The van der Waals surface area contributed by atoms with Crippen LogP contribution in [0.1, 0.15) is 38.7 Å². The van der Waals surface area contributed by atoms with Crippen molar-refractivity contribution in [1.82, 2.24) is 11.1 Å². The number of benzene rings is 4. The van der Waals surface area contributed by atoms with Gasteiger partial charge in [0, 0.05) is 16.6 Å². The van der Waals surface area contributed by atoms with E-state index < -0.39 is 17.8 Å². The molecule has 0 bridgehead atoms. The fraction of sp³-hybridized carbons (Fsp3) is 0.167. The van der Waals surface area contributed by atoms with Crippen LogP contribution in [-0.2, 0) is 19.0 Å². The molecule has 37 heavy (non-hydrogen) atoms. The molecular formula is C30H25BrF3N2O. The molecule has 4 aromatic rings. The molecule has 0 saturated carbocycles. The summed E-state index contributed by atoms with van der Waals surface area (Å²) in [6.45, 7) is 0.492. The molecule has 189 valence electrons. The van der Waals surface area contributed by atoms with E-state index in [-0.39, 0.29) is 5.91 Å². The van der Waals surface area contributed by atoms with Gasteiger partial charge in [0.15, 0.2) is 0 Å². The van der Waals surface area contributed by atoms with Crippen LogP contribution in [0.5, 0.6) is 0 Å². The van der Waals surface area contributed by atoms with Crippen LogP contribution in [0.4, 0.5) is 13.2 Å². The van der Waals surface area contributed by atoms with Crippen molar-refractivity contribution < 1.29 is 18.0 Å². The SMILES string of the molecule is [NH]C(Cc1ccc(C(=O)NCCc2ccc(-c3ccccc3)cc2)cc1Br)c1ccc(C(F)(F)F)cc1. The quantitative estimate of drug-likeness (QED) is 0.234. The highest BCUT2D eigenvalue weighted by Crippen LogP contribution is 2.31. The van der Waals surface area contributed by atoms with Gasteiger partial charge in [0.1, 0.15) is 0 Å². The molecule has 2 N–H and O–H groups in total. The molecule has 4 aromatic carbocycles. The van der Waals surface area contributed by atoms with Gasteiger partial charge in [-0.1, -0.05) is 88.7 Å². The van der Waals surface area contributed by atoms with Crippen molar-refractivity contribution >= 4 is 21.8 Å². The molecule has 0 saturated heterocycles. The van der Waals surface area contributed by atoms with E-state index in [0.29, 0.717) is 35.0 Å². The molecule has 0 aromatic heterocycles. The lowest BCUT2D eigenvalue weighted by Gasteiger charge is -2.15. The first-order chi connectivity index (χ1) is 17.7. The van der Waals surface area contributed by atoms with Crippen molar-refractivity contribution in [3.63, 3.8) is 0 Å². The Bertz CT molecular complexity index is 1340. The molecule has 1 atom stereocenters. The van der Waals surface area contributed by atoms with Crippen molar-refractivity contribution in [2.75, 3.05) is 6.54 Å². The van der Waals surface area contributed by atoms with Crippen molar-refractivity contribution in [2.45, 2.75) is 25.1 Å². The lowest BCUT2D eigenvalue weighted by molar-refractivity contribution is -0.137. The summed E-state index contributed by atoms with van der Waals surface area (Å²) in [6.07, 6.45) is -3.40. The number of carbonyl (C=O) groups excluding carboxylic acids is 1. The van der Waals surface area contributed by atoms with Gasteiger partial charge in [-0.3, -0.25) is 4.79 Å². The summed E-state index contributed by atoms with van der Waals surface area (Å²) in [5.41, 5.74) is 12.9. The van der Waals surface area contributed by atoms with Crippen LogP contribution >= 0.6 is 15.9 Å². The van der Waals surface area contributed by atoms with Crippen molar-refractivity contribution in [1.29, 1.82) is 0 Å². The van der Waals surface area contributed by atoms with E-state index in [9.17, 15) is 18.0 Å². The van der Waals surface area contributed by atoms with E-state index in [1.54, 1.807) is 18.2 Å². The summed E-state index contributed by atoms with van der Waals surface area (Å²) < 4.78 is 39.0. The minimum Gasteiger partial charge on any atom is -0.352 e. The second kappa shape index (κ2) is 11.8. The number of nitrogens with one attached hydrogen (secondary N) is 2. The minimum absolute atomic E-state index is 0.196. The molecule has 0 fully saturated rings. The Balaban J connectivity index is 1.30. The van der Waals surface area contributed by atoms with Gasteiger partial charge < -0.3 is 5.32 Å². The van der Waals surface area contributed by atoms with Crippen LogP contribution in [0.2, 0.25) is 0 Å². The fourth-order valence-corrected chi connectivity index (χ4v) is 4.55. The number of rotatable bonds is 8. The summed E-state index contributed by atoms with van der Waals surface area (Å²) in [7, 11) is 0. The summed E-state index contributed by atoms with van der Waals surface area (Å²) in [5, 5.41) is 2.94. The lowest BCUT2D eigenvalue weighted by atomic mass is 9.98. The van der Waals surface area contributed by atoms with E-state index in [1.807, 2.05) is 18.2 Å². The first kappa shape index (κ1) is 26.6. The summed E-state index contributed by atoms with van der Waals surface area (Å²) in [5.74, 6) is -0.196. The number of carbonyl (C=O) groups is 1. The Morgan fingerprint density at radius 2 is 1.51 bits per heavy atom. The van der Waals surface area contributed by atoms with Gasteiger partial charge in [-0.15, -0.1) is 0 Å². The predicted octanol–water partition coefficient (Wildman–Crippen LogP) is 7.67. The van der Waals surface area contributed by atoms with Gasteiger partial charge >= 0.3 is 6.18 Å². The molecule has 4 rings (SSSR count). The van der Waals surface area contributed by atoms with Crippen LogP contribution in [0.15, 0.2) is 102 Å². The normalized spacial score (nSPS) is 12.2. The average molecular weight is 566 g/mol. The van der Waals surface area contributed by atoms with Crippen LogP contribution in [-0.4, -0.2) is 12.5 Å². The van der Waals surface area contributed by atoms with Gasteiger partial charge in [-0.05, 0) is 64.9 Å². The Labute approximate surface area is 222 Å². The zero-order valence-electron chi connectivity index (χ0n) is 19.9. The molecule has 1 radical (unpaired) electrons. The van der Waals surface area contributed by atoms with Crippen LogP contribution in [0, 0.1) is 0 Å². The third-order valence-corrected chi connectivity index (χ3v) is 6.88. The molecule has 0 heterocycles. The first-order valence-corrected chi connectivity index (χ1v) is 12.6. The maximum Gasteiger partial charge on any atom is 0.416 e. The predicted molar refractivity (Wildman–Crippen MR) is 143 cm³/mol. The highest BCUT2D eigenvalue weighted by atomic mass is 79.9. The zero-order chi connectivity index (χ0) is 26.4. The Morgan fingerprint density at radius 3 is 2.14 bits per heavy atom. The summed E-state index contributed by atoms with van der Waals surface area (Å²) in [6, 6.07) is 27.5. The fourth-order valence-electron chi connectivity index (χ4n) is 4.01. The smallest absolute Gasteiger partial charge is 0.352 e.